The van der Waals surface area contributed by atoms with Crippen LogP contribution >= 0.6 is 11.6 Å². The van der Waals surface area contributed by atoms with Crippen molar-refractivity contribution in [3.63, 3.8) is 0 Å². The number of carbonyl (C=O) groups is 2. The van der Waals surface area contributed by atoms with Crippen molar-refractivity contribution < 1.29 is 19.8 Å². The number of carboxylic acid groups (broad SMARTS) is 2. The molecular weight excluding hydrogens is 342 g/mol. The van der Waals surface area contributed by atoms with E-state index in [1.54, 1.807) is 0 Å². The lowest BCUT2D eigenvalue weighted by molar-refractivity contribution is -0.134. The van der Waals surface area contributed by atoms with E-state index in [9.17, 15) is 9.59 Å². The van der Waals surface area contributed by atoms with Gasteiger partial charge < -0.3 is 16.4 Å². The summed E-state index contributed by atoms with van der Waals surface area (Å²) in [4.78, 5) is 19.1. The van der Waals surface area contributed by atoms with Gasteiger partial charge in [0, 0.05) is 17.2 Å². The zero-order valence-corrected chi connectivity index (χ0v) is 14.7. The second-order valence-electron chi connectivity index (χ2n) is 5.12. The number of hydrogen-bond donors (Lipinski definition) is 3. The molecule has 5 nitrogen and oxygen atoms in total. The molecule has 1 atom stereocenters. The lowest BCUT2D eigenvalue weighted by Gasteiger charge is -2.13. The van der Waals surface area contributed by atoms with Gasteiger partial charge in [-0.15, -0.1) is 0 Å². The van der Waals surface area contributed by atoms with Crippen molar-refractivity contribution >= 4 is 23.5 Å². The van der Waals surface area contributed by atoms with E-state index in [2.05, 4.69) is 37.3 Å². The fourth-order valence-corrected chi connectivity index (χ4v) is 2.42. The SMILES string of the molecule is CC(Cc1ccccc1)c1ccccc1Cl.N.O=C(O)C=CC(=O)O. The molecule has 0 saturated carbocycles. The average Bonchev–Trinajstić information content (AvgIpc) is 2.55. The van der Waals surface area contributed by atoms with Crippen LogP contribution < -0.4 is 6.15 Å². The van der Waals surface area contributed by atoms with Crippen LogP contribution in [-0.4, -0.2) is 22.2 Å². The van der Waals surface area contributed by atoms with E-state index in [1.807, 2.05) is 24.3 Å². The highest BCUT2D eigenvalue weighted by Crippen LogP contribution is 2.26. The molecule has 0 amide bonds. The standard InChI is InChI=1S/C15H15Cl.C4H4O4.H3N/c1-12(11-13-7-3-2-4-8-13)14-9-5-6-10-15(14)16;5-3(6)1-2-4(7)8;/h2-10,12H,11H2,1H3;1-2H,(H,5,6)(H,7,8);1H3. The third-order valence-electron chi connectivity index (χ3n) is 3.19. The van der Waals surface area contributed by atoms with Crippen LogP contribution in [0.25, 0.3) is 0 Å². The van der Waals surface area contributed by atoms with Gasteiger partial charge in [0.1, 0.15) is 0 Å². The van der Waals surface area contributed by atoms with Crippen LogP contribution in [0.4, 0.5) is 0 Å². The van der Waals surface area contributed by atoms with E-state index in [0.717, 1.165) is 11.4 Å². The second kappa shape index (κ2) is 11.8. The van der Waals surface area contributed by atoms with Gasteiger partial charge in [0.05, 0.1) is 0 Å². The summed E-state index contributed by atoms with van der Waals surface area (Å²) >= 11 is 6.19. The molecule has 0 aliphatic heterocycles. The summed E-state index contributed by atoms with van der Waals surface area (Å²) < 4.78 is 0. The van der Waals surface area contributed by atoms with E-state index >= 15 is 0 Å². The Kier molecular flexibility index (Phi) is 10.6. The Morgan fingerprint density at radius 2 is 1.44 bits per heavy atom. The number of aliphatic carboxylic acids is 2. The van der Waals surface area contributed by atoms with Gasteiger partial charge in [0.2, 0.25) is 0 Å². The minimum absolute atomic E-state index is 0. The fraction of sp³-hybridized carbons (Fsp3) is 0.158. The first-order valence-corrected chi connectivity index (χ1v) is 7.70. The summed E-state index contributed by atoms with van der Waals surface area (Å²) in [5, 5.41) is 16.5. The van der Waals surface area contributed by atoms with Crippen molar-refractivity contribution in [3.8, 4) is 0 Å². The van der Waals surface area contributed by atoms with E-state index in [4.69, 9.17) is 21.8 Å². The minimum Gasteiger partial charge on any atom is -0.478 e. The van der Waals surface area contributed by atoms with Crippen molar-refractivity contribution in [3.05, 3.63) is 82.9 Å². The largest absolute Gasteiger partial charge is 0.478 e. The highest BCUT2D eigenvalue weighted by molar-refractivity contribution is 6.31. The maximum absolute atomic E-state index is 9.55. The van der Waals surface area contributed by atoms with Crippen molar-refractivity contribution in [1.29, 1.82) is 0 Å². The van der Waals surface area contributed by atoms with Crippen molar-refractivity contribution in [2.75, 3.05) is 0 Å². The first-order chi connectivity index (χ1) is 11.4. The predicted molar refractivity (Wildman–Crippen MR) is 99.4 cm³/mol. The highest BCUT2D eigenvalue weighted by Gasteiger charge is 2.09. The Hall–Kier alpha value is -2.63. The molecule has 0 saturated heterocycles. The molecule has 0 aromatic heterocycles. The Bertz CT molecular complexity index is 686. The molecule has 0 spiro atoms. The first-order valence-electron chi connectivity index (χ1n) is 7.32. The average molecular weight is 364 g/mol. The zero-order chi connectivity index (χ0) is 17.9. The maximum Gasteiger partial charge on any atom is 0.328 e. The molecule has 1 unspecified atom stereocenters. The number of hydrogen-bond acceptors (Lipinski definition) is 3. The monoisotopic (exact) mass is 363 g/mol. The number of rotatable bonds is 5. The van der Waals surface area contributed by atoms with Gasteiger partial charge in [-0.05, 0) is 29.5 Å². The van der Waals surface area contributed by atoms with Gasteiger partial charge in [-0.25, -0.2) is 9.59 Å². The summed E-state index contributed by atoms with van der Waals surface area (Å²) in [7, 11) is 0. The topological polar surface area (TPSA) is 110 Å². The predicted octanol–water partition coefficient (Wildman–Crippen LogP) is 4.56. The van der Waals surface area contributed by atoms with Crippen molar-refractivity contribution in [2.45, 2.75) is 19.3 Å². The third kappa shape index (κ3) is 9.30. The molecule has 0 aliphatic rings. The summed E-state index contributed by atoms with van der Waals surface area (Å²) in [6.07, 6.45) is 2.15. The molecular formula is C19H22ClNO4. The molecule has 2 aromatic carbocycles. The van der Waals surface area contributed by atoms with Gasteiger partial charge in [0.15, 0.2) is 0 Å². The second-order valence-corrected chi connectivity index (χ2v) is 5.53. The summed E-state index contributed by atoms with van der Waals surface area (Å²) in [6, 6.07) is 18.6. The number of carboxylic acids is 2. The van der Waals surface area contributed by atoms with E-state index in [1.165, 1.54) is 11.1 Å². The van der Waals surface area contributed by atoms with Gasteiger partial charge >= 0.3 is 11.9 Å². The van der Waals surface area contributed by atoms with Crippen LogP contribution in [0.2, 0.25) is 5.02 Å². The van der Waals surface area contributed by atoms with E-state index < -0.39 is 11.9 Å². The molecule has 0 fully saturated rings. The van der Waals surface area contributed by atoms with Gasteiger partial charge in [-0.1, -0.05) is 67.1 Å². The molecule has 0 heterocycles. The van der Waals surface area contributed by atoms with Gasteiger partial charge in [0.25, 0.3) is 0 Å². The summed E-state index contributed by atoms with van der Waals surface area (Å²) in [5.74, 6) is -2.06. The zero-order valence-electron chi connectivity index (χ0n) is 13.9. The minimum atomic E-state index is -1.26. The Morgan fingerprint density at radius 3 is 1.92 bits per heavy atom. The lowest BCUT2D eigenvalue weighted by atomic mass is 9.94. The van der Waals surface area contributed by atoms with Gasteiger partial charge in [-0.2, -0.15) is 0 Å². The van der Waals surface area contributed by atoms with Crippen molar-refractivity contribution in [1.82, 2.24) is 6.15 Å². The highest BCUT2D eigenvalue weighted by atomic mass is 35.5. The number of halogens is 1. The van der Waals surface area contributed by atoms with Crippen LogP contribution in [0.15, 0.2) is 66.7 Å². The van der Waals surface area contributed by atoms with E-state index in [0.29, 0.717) is 18.1 Å². The molecule has 2 rings (SSSR count). The van der Waals surface area contributed by atoms with Crippen LogP contribution in [0.5, 0.6) is 0 Å². The maximum atomic E-state index is 9.55. The Labute approximate surface area is 152 Å². The number of benzene rings is 2. The molecule has 0 bridgehead atoms. The Balaban J connectivity index is 0.000000552. The van der Waals surface area contributed by atoms with Crippen molar-refractivity contribution in [2.24, 2.45) is 0 Å². The summed E-state index contributed by atoms with van der Waals surface area (Å²) in [6.45, 7) is 2.22. The Morgan fingerprint density at radius 1 is 0.960 bits per heavy atom. The first kappa shape index (κ1) is 22.4. The van der Waals surface area contributed by atoms with Crippen LogP contribution in [0.3, 0.4) is 0 Å². The summed E-state index contributed by atoms with van der Waals surface area (Å²) in [5.41, 5.74) is 2.59. The third-order valence-corrected chi connectivity index (χ3v) is 3.53. The molecule has 134 valence electrons. The van der Waals surface area contributed by atoms with Crippen LogP contribution in [0.1, 0.15) is 24.0 Å². The quantitative estimate of drug-likeness (QED) is 0.674. The van der Waals surface area contributed by atoms with E-state index in [-0.39, 0.29) is 6.15 Å². The smallest absolute Gasteiger partial charge is 0.328 e. The molecule has 5 N–H and O–H groups in total. The van der Waals surface area contributed by atoms with Crippen LogP contribution in [0, 0.1) is 0 Å². The normalized spacial score (nSPS) is 11.0. The lowest BCUT2D eigenvalue weighted by Crippen LogP contribution is -1.98. The molecule has 0 aliphatic carbocycles. The fourth-order valence-electron chi connectivity index (χ4n) is 2.09. The van der Waals surface area contributed by atoms with Gasteiger partial charge in [-0.3, -0.25) is 0 Å². The molecule has 6 heteroatoms. The molecule has 0 radical (unpaired) electrons. The molecule has 25 heavy (non-hydrogen) atoms. The molecule has 2 aromatic rings. The van der Waals surface area contributed by atoms with Crippen LogP contribution in [-0.2, 0) is 16.0 Å².